The maximum Gasteiger partial charge on any atom is 0.299 e. The minimum atomic E-state index is -0.150. The van der Waals surface area contributed by atoms with Crippen molar-refractivity contribution < 1.29 is 9.21 Å². The summed E-state index contributed by atoms with van der Waals surface area (Å²) in [7, 11) is 3.57. The fraction of sp³-hybridized carbons (Fsp3) is 0.429. The Hall–Kier alpha value is -2.04. The number of aromatic nitrogens is 1. The maximum absolute atomic E-state index is 12.2. The van der Waals surface area contributed by atoms with Crippen LogP contribution in [0, 0.1) is 0 Å². The lowest BCUT2D eigenvalue weighted by Gasteiger charge is -2.24. The molecule has 0 bridgehead atoms. The Balaban J connectivity index is 1.93. The van der Waals surface area contributed by atoms with E-state index in [4.69, 9.17) is 4.42 Å². The minimum absolute atomic E-state index is 0.111. The fourth-order valence-corrected chi connectivity index (χ4v) is 2.53. The predicted molar refractivity (Wildman–Crippen MR) is 73.1 cm³/mol. The maximum atomic E-state index is 12.2. The number of benzene rings is 1. The Morgan fingerprint density at radius 1 is 1.42 bits per heavy atom. The predicted octanol–water partition coefficient (Wildman–Crippen LogP) is 1.88. The van der Waals surface area contributed by atoms with Crippen LogP contribution in [0.3, 0.4) is 0 Å². The molecule has 1 saturated heterocycles. The van der Waals surface area contributed by atoms with Gasteiger partial charge in [-0.1, -0.05) is 12.1 Å². The molecule has 2 aromatic rings. The lowest BCUT2D eigenvalue weighted by atomic mass is 10.2. The van der Waals surface area contributed by atoms with E-state index in [9.17, 15) is 4.79 Å². The number of fused-ring (bicyclic) bond motifs is 1. The number of carbonyl (C=O) groups excluding carboxylic acids is 1. The number of nitrogens with zero attached hydrogens (tertiary/aromatic N) is 3. The zero-order valence-corrected chi connectivity index (χ0v) is 11.2. The minimum Gasteiger partial charge on any atom is -0.423 e. The van der Waals surface area contributed by atoms with Crippen molar-refractivity contribution in [3.05, 3.63) is 24.3 Å². The average molecular weight is 259 g/mol. The fourth-order valence-electron chi connectivity index (χ4n) is 2.53. The summed E-state index contributed by atoms with van der Waals surface area (Å²) < 4.78 is 5.76. The quantitative estimate of drug-likeness (QED) is 0.826. The molecular weight excluding hydrogens is 242 g/mol. The first-order valence-electron chi connectivity index (χ1n) is 6.50. The zero-order valence-electron chi connectivity index (χ0n) is 11.2. The molecule has 1 fully saturated rings. The molecule has 0 N–H and O–H groups in total. The van der Waals surface area contributed by atoms with Gasteiger partial charge in [0.1, 0.15) is 11.6 Å². The largest absolute Gasteiger partial charge is 0.423 e. The highest BCUT2D eigenvalue weighted by Crippen LogP contribution is 2.28. The standard InChI is InChI=1S/C14H17N3O2/c1-16(2)13(18)11-7-5-9-17(11)14-15-10-6-3-4-8-12(10)19-14/h3-4,6,8,11H,5,7,9H2,1-2H3. The lowest BCUT2D eigenvalue weighted by molar-refractivity contribution is -0.129. The van der Waals surface area contributed by atoms with Gasteiger partial charge in [0.15, 0.2) is 5.58 Å². The van der Waals surface area contributed by atoms with Gasteiger partial charge >= 0.3 is 0 Å². The monoisotopic (exact) mass is 259 g/mol. The lowest BCUT2D eigenvalue weighted by Crippen LogP contribution is -2.42. The van der Waals surface area contributed by atoms with Crippen LogP contribution in [0.4, 0.5) is 6.01 Å². The molecule has 0 radical (unpaired) electrons. The van der Waals surface area contributed by atoms with Gasteiger partial charge in [-0.3, -0.25) is 4.79 Å². The van der Waals surface area contributed by atoms with Crippen LogP contribution in [0.5, 0.6) is 0 Å². The van der Waals surface area contributed by atoms with E-state index in [2.05, 4.69) is 4.98 Å². The molecule has 1 amide bonds. The number of hydrogen-bond acceptors (Lipinski definition) is 4. The van der Waals surface area contributed by atoms with Crippen LogP contribution in [0.2, 0.25) is 0 Å². The number of amides is 1. The second kappa shape index (κ2) is 4.57. The van der Waals surface area contributed by atoms with Gasteiger partial charge in [0, 0.05) is 20.6 Å². The molecule has 3 rings (SSSR count). The topological polar surface area (TPSA) is 49.6 Å². The summed E-state index contributed by atoms with van der Waals surface area (Å²) >= 11 is 0. The number of carbonyl (C=O) groups is 1. The first-order chi connectivity index (χ1) is 9.16. The molecule has 19 heavy (non-hydrogen) atoms. The third-order valence-corrected chi connectivity index (χ3v) is 3.51. The summed E-state index contributed by atoms with van der Waals surface area (Å²) in [4.78, 5) is 20.2. The second-order valence-electron chi connectivity index (χ2n) is 5.05. The van der Waals surface area contributed by atoms with Gasteiger partial charge in [0.25, 0.3) is 6.01 Å². The summed E-state index contributed by atoms with van der Waals surface area (Å²) in [6.45, 7) is 0.817. The van der Waals surface area contributed by atoms with Gasteiger partial charge in [0.2, 0.25) is 5.91 Å². The van der Waals surface area contributed by atoms with E-state index in [1.54, 1.807) is 19.0 Å². The molecule has 0 aliphatic carbocycles. The molecule has 5 heteroatoms. The van der Waals surface area contributed by atoms with E-state index in [0.717, 1.165) is 30.5 Å². The van der Waals surface area contributed by atoms with Gasteiger partial charge in [0.05, 0.1) is 0 Å². The van der Waals surface area contributed by atoms with Gasteiger partial charge in [-0.25, -0.2) is 0 Å². The van der Waals surface area contributed by atoms with Crippen molar-refractivity contribution in [3.8, 4) is 0 Å². The van der Waals surface area contributed by atoms with Gasteiger partial charge in [-0.2, -0.15) is 4.98 Å². The number of oxazole rings is 1. The van der Waals surface area contributed by atoms with E-state index in [-0.39, 0.29) is 11.9 Å². The molecule has 1 unspecified atom stereocenters. The number of rotatable bonds is 2. The van der Waals surface area contributed by atoms with Crippen LogP contribution in [0.15, 0.2) is 28.7 Å². The zero-order chi connectivity index (χ0) is 13.4. The highest BCUT2D eigenvalue weighted by molar-refractivity contribution is 5.85. The van der Waals surface area contributed by atoms with Crippen LogP contribution in [-0.4, -0.2) is 42.5 Å². The van der Waals surface area contributed by atoms with Gasteiger partial charge in [-0.05, 0) is 25.0 Å². The SMILES string of the molecule is CN(C)C(=O)C1CCCN1c1nc2ccccc2o1. The molecule has 0 spiro atoms. The van der Waals surface area contributed by atoms with Gasteiger partial charge < -0.3 is 14.2 Å². The number of anilines is 1. The molecule has 1 atom stereocenters. The summed E-state index contributed by atoms with van der Waals surface area (Å²) in [6, 6.07) is 8.07. The van der Waals surface area contributed by atoms with Crippen molar-refractivity contribution in [2.75, 3.05) is 25.5 Å². The van der Waals surface area contributed by atoms with Crippen molar-refractivity contribution in [3.63, 3.8) is 0 Å². The average Bonchev–Trinajstić information content (AvgIpc) is 3.03. The second-order valence-corrected chi connectivity index (χ2v) is 5.05. The first kappa shape index (κ1) is 12.0. The Kier molecular flexibility index (Phi) is 2.89. The van der Waals surface area contributed by atoms with E-state index in [1.165, 1.54) is 0 Å². The van der Waals surface area contributed by atoms with Crippen molar-refractivity contribution >= 4 is 23.0 Å². The molecule has 2 heterocycles. The van der Waals surface area contributed by atoms with Crippen molar-refractivity contribution in [1.29, 1.82) is 0 Å². The van der Waals surface area contributed by atoms with Crippen LogP contribution < -0.4 is 4.90 Å². The van der Waals surface area contributed by atoms with E-state index < -0.39 is 0 Å². The molecular formula is C14H17N3O2. The van der Waals surface area contributed by atoms with Crippen molar-refractivity contribution in [2.24, 2.45) is 0 Å². The van der Waals surface area contributed by atoms with E-state index >= 15 is 0 Å². The van der Waals surface area contributed by atoms with Crippen LogP contribution in [-0.2, 0) is 4.79 Å². The number of hydrogen-bond donors (Lipinski definition) is 0. The Morgan fingerprint density at radius 2 is 2.21 bits per heavy atom. The van der Waals surface area contributed by atoms with Crippen LogP contribution >= 0.6 is 0 Å². The smallest absolute Gasteiger partial charge is 0.299 e. The first-order valence-corrected chi connectivity index (χ1v) is 6.50. The Labute approximate surface area is 111 Å². The molecule has 0 saturated carbocycles. The van der Waals surface area contributed by atoms with Crippen LogP contribution in [0.25, 0.3) is 11.1 Å². The Morgan fingerprint density at radius 3 is 2.95 bits per heavy atom. The third-order valence-electron chi connectivity index (χ3n) is 3.51. The van der Waals surface area contributed by atoms with Gasteiger partial charge in [-0.15, -0.1) is 0 Å². The third kappa shape index (κ3) is 2.05. The highest BCUT2D eigenvalue weighted by Gasteiger charge is 2.34. The van der Waals surface area contributed by atoms with Crippen LogP contribution in [0.1, 0.15) is 12.8 Å². The molecule has 1 aliphatic rings. The molecule has 100 valence electrons. The molecule has 5 nitrogen and oxygen atoms in total. The van der Waals surface area contributed by atoms with Crippen molar-refractivity contribution in [1.82, 2.24) is 9.88 Å². The summed E-state index contributed by atoms with van der Waals surface area (Å²) in [5, 5.41) is 0. The summed E-state index contributed by atoms with van der Waals surface area (Å²) in [5.41, 5.74) is 1.60. The molecule has 1 aromatic heterocycles. The number of likely N-dealkylation sites (N-methyl/N-ethyl adjacent to an activating group) is 1. The number of para-hydroxylation sites is 2. The van der Waals surface area contributed by atoms with E-state index in [1.807, 2.05) is 29.2 Å². The Bertz CT molecular complexity index is 573. The normalized spacial score (nSPS) is 19.1. The van der Waals surface area contributed by atoms with Crippen molar-refractivity contribution in [2.45, 2.75) is 18.9 Å². The molecule has 1 aromatic carbocycles. The molecule has 1 aliphatic heterocycles. The summed E-state index contributed by atoms with van der Waals surface area (Å²) in [5.74, 6) is 0.111. The van der Waals surface area contributed by atoms with E-state index in [0.29, 0.717) is 6.01 Å². The highest BCUT2D eigenvalue weighted by atomic mass is 16.4. The summed E-state index contributed by atoms with van der Waals surface area (Å²) in [6.07, 6.45) is 1.85.